The minimum absolute atomic E-state index is 1.11. The molecule has 0 bridgehead atoms. The first-order chi connectivity index (χ1) is 30.7. The van der Waals surface area contributed by atoms with Gasteiger partial charge in [0.2, 0.25) is 0 Å². The Morgan fingerprint density at radius 1 is 0.290 bits per heavy atom. The second kappa shape index (κ2) is 13.9. The zero-order valence-corrected chi connectivity index (χ0v) is 34.5. The number of anilines is 3. The van der Waals surface area contributed by atoms with Gasteiger partial charge in [-0.25, -0.2) is 0 Å². The van der Waals surface area contributed by atoms with Crippen molar-refractivity contribution < 1.29 is 0 Å². The second-order valence-electron chi connectivity index (χ2n) is 16.5. The molecule has 0 radical (unpaired) electrons. The molecule has 0 atom stereocenters. The van der Waals surface area contributed by atoms with Gasteiger partial charge in [0.05, 0.1) is 5.69 Å². The van der Waals surface area contributed by atoms with Crippen LogP contribution in [0.5, 0.6) is 0 Å². The van der Waals surface area contributed by atoms with Gasteiger partial charge in [0.25, 0.3) is 0 Å². The summed E-state index contributed by atoms with van der Waals surface area (Å²) in [5.41, 5.74) is 8.28. The minimum Gasteiger partial charge on any atom is -0.310 e. The number of benzene rings is 12. The molecule has 0 aliphatic rings. The molecular formula is C60H37NS. The number of nitrogens with zero attached hydrogens (tertiary/aromatic N) is 1. The van der Waals surface area contributed by atoms with E-state index in [0.717, 1.165) is 11.4 Å². The summed E-state index contributed by atoms with van der Waals surface area (Å²) in [6.45, 7) is 0. The smallest absolute Gasteiger partial charge is 0.0554 e. The number of hydrogen-bond acceptors (Lipinski definition) is 2. The molecule has 0 aliphatic carbocycles. The van der Waals surface area contributed by atoms with Crippen molar-refractivity contribution in [3.05, 3.63) is 224 Å². The Bertz CT molecular complexity index is 3930. The SMILES string of the molecule is c1ccc2c(c1)ccc1ccc(-c3ccc(N(c4ccc5ccc(-c6cc7ccccc7c7ccccc67)cc5c4)c4cccc5sc6c7ccccc7ccc6c45)cc3)cc12. The molecule has 62 heavy (non-hydrogen) atoms. The molecule has 0 N–H and O–H groups in total. The molecule has 0 amide bonds. The molecule has 0 fully saturated rings. The molecule has 0 aliphatic heterocycles. The monoisotopic (exact) mass is 803 g/mol. The molecule has 0 unspecified atom stereocenters. The van der Waals surface area contributed by atoms with Crippen LogP contribution in [0.2, 0.25) is 0 Å². The number of rotatable bonds is 5. The van der Waals surface area contributed by atoms with Gasteiger partial charge in [-0.1, -0.05) is 170 Å². The number of thiophene rings is 1. The van der Waals surface area contributed by atoms with E-state index in [1.807, 2.05) is 11.3 Å². The van der Waals surface area contributed by atoms with Gasteiger partial charge in [0.1, 0.15) is 0 Å². The van der Waals surface area contributed by atoms with Crippen LogP contribution in [0.25, 0.3) is 107 Å². The minimum atomic E-state index is 1.11. The fourth-order valence-electron chi connectivity index (χ4n) is 9.97. The molecule has 1 aromatic heterocycles. The van der Waals surface area contributed by atoms with Crippen LogP contribution in [-0.2, 0) is 0 Å². The van der Waals surface area contributed by atoms with Crippen LogP contribution in [0.4, 0.5) is 17.1 Å². The number of fused-ring (bicyclic) bond motifs is 12. The lowest BCUT2D eigenvalue weighted by Gasteiger charge is -2.27. The fourth-order valence-corrected chi connectivity index (χ4v) is 11.2. The first-order valence-electron chi connectivity index (χ1n) is 21.3. The van der Waals surface area contributed by atoms with E-state index in [4.69, 9.17) is 0 Å². The third-order valence-electron chi connectivity index (χ3n) is 13.0. The maximum absolute atomic E-state index is 2.47. The Hall–Kier alpha value is -7.78. The lowest BCUT2D eigenvalue weighted by atomic mass is 9.92. The first-order valence-corrected chi connectivity index (χ1v) is 22.1. The van der Waals surface area contributed by atoms with Crippen LogP contribution in [0.1, 0.15) is 0 Å². The summed E-state index contributed by atoms with van der Waals surface area (Å²) in [4.78, 5) is 2.47. The highest BCUT2D eigenvalue weighted by Gasteiger charge is 2.20. The zero-order chi connectivity index (χ0) is 40.7. The van der Waals surface area contributed by atoms with Crippen LogP contribution in [-0.4, -0.2) is 0 Å². The van der Waals surface area contributed by atoms with Crippen molar-refractivity contribution >= 4 is 113 Å². The van der Waals surface area contributed by atoms with Crippen molar-refractivity contribution in [3.63, 3.8) is 0 Å². The van der Waals surface area contributed by atoms with Gasteiger partial charge in [-0.2, -0.15) is 0 Å². The zero-order valence-electron chi connectivity index (χ0n) is 33.7. The molecule has 288 valence electrons. The Labute approximate surface area is 363 Å². The number of hydrogen-bond donors (Lipinski definition) is 0. The lowest BCUT2D eigenvalue weighted by Crippen LogP contribution is -2.10. The Morgan fingerprint density at radius 3 is 1.69 bits per heavy atom. The van der Waals surface area contributed by atoms with E-state index in [-0.39, 0.29) is 0 Å². The predicted octanol–water partition coefficient (Wildman–Crippen LogP) is 17.8. The molecule has 0 saturated heterocycles. The average molecular weight is 804 g/mol. The Kier molecular flexibility index (Phi) is 7.85. The third kappa shape index (κ3) is 5.54. The van der Waals surface area contributed by atoms with Crippen molar-refractivity contribution in [1.29, 1.82) is 0 Å². The van der Waals surface area contributed by atoms with Gasteiger partial charge in [0, 0.05) is 31.5 Å². The van der Waals surface area contributed by atoms with Crippen molar-refractivity contribution in [3.8, 4) is 22.3 Å². The van der Waals surface area contributed by atoms with E-state index in [2.05, 4.69) is 229 Å². The quantitative estimate of drug-likeness (QED) is 0.157. The van der Waals surface area contributed by atoms with Crippen LogP contribution in [0.3, 0.4) is 0 Å². The van der Waals surface area contributed by atoms with Gasteiger partial charge in [0.15, 0.2) is 0 Å². The van der Waals surface area contributed by atoms with Crippen molar-refractivity contribution in [2.24, 2.45) is 0 Å². The van der Waals surface area contributed by atoms with Crippen LogP contribution in [0.15, 0.2) is 224 Å². The largest absolute Gasteiger partial charge is 0.310 e. The summed E-state index contributed by atoms with van der Waals surface area (Å²) >= 11 is 1.89. The molecule has 12 aromatic carbocycles. The van der Waals surface area contributed by atoms with Crippen molar-refractivity contribution in [2.75, 3.05) is 4.90 Å². The average Bonchev–Trinajstić information content (AvgIpc) is 3.74. The summed E-state index contributed by atoms with van der Waals surface area (Å²) in [6.07, 6.45) is 0. The molecule has 0 spiro atoms. The van der Waals surface area contributed by atoms with E-state index in [0.29, 0.717) is 0 Å². The molecule has 1 heterocycles. The normalized spacial score (nSPS) is 11.9. The van der Waals surface area contributed by atoms with Crippen molar-refractivity contribution in [1.82, 2.24) is 0 Å². The van der Waals surface area contributed by atoms with Crippen LogP contribution in [0, 0.1) is 0 Å². The van der Waals surface area contributed by atoms with Crippen LogP contribution < -0.4 is 4.90 Å². The predicted molar refractivity (Wildman–Crippen MR) is 270 cm³/mol. The van der Waals surface area contributed by atoms with E-state index in [9.17, 15) is 0 Å². The highest BCUT2D eigenvalue weighted by atomic mass is 32.1. The molecule has 13 aromatic rings. The second-order valence-corrected chi connectivity index (χ2v) is 17.5. The topological polar surface area (TPSA) is 3.24 Å². The molecule has 2 heteroatoms. The highest BCUT2D eigenvalue weighted by Crippen LogP contribution is 2.47. The first kappa shape index (κ1) is 35.0. The standard InChI is InChI=1S/C60H37NS/c1-4-13-49-40(10-1)21-22-42-23-24-43(36-55(42)49)38-26-30-47(31-27-38)61(57-18-9-19-58-59(57)54-33-29-41-11-2-6-15-51(41)60(54)62-58)48-32-28-39-20-25-45(34-46(39)35-48)56-37-44-12-3-5-14-50(44)52-16-7-8-17-53(52)56/h1-37H. The molecule has 0 saturated carbocycles. The molecule has 13 rings (SSSR count). The van der Waals surface area contributed by atoms with Gasteiger partial charge < -0.3 is 4.90 Å². The summed E-state index contributed by atoms with van der Waals surface area (Å²) in [5.74, 6) is 0. The van der Waals surface area contributed by atoms with Gasteiger partial charge in [-0.05, 0) is 141 Å². The van der Waals surface area contributed by atoms with Gasteiger partial charge >= 0.3 is 0 Å². The highest BCUT2D eigenvalue weighted by molar-refractivity contribution is 7.26. The van der Waals surface area contributed by atoms with E-state index in [1.165, 1.54) is 113 Å². The van der Waals surface area contributed by atoms with E-state index >= 15 is 0 Å². The molecular weight excluding hydrogens is 767 g/mol. The maximum atomic E-state index is 2.47. The summed E-state index contributed by atoms with van der Waals surface area (Å²) in [6, 6.07) is 83.2. The Morgan fingerprint density at radius 2 is 0.871 bits per heavy atom. The maximum Gasteiger partial charge on any atom is 0.0554 e. The van der Waals surface area contributed by atoms with E-state index < -0.39 is 0 Å². The van der Waals surface area contributed by atoms with Crippen LogP contribution >= 0.6 is 11.3 Å². The summed E-state index contributed by atoms with van der Waals surface area (Å²) < 4.78 is 2.61. The third-order valence-corrected chi connectivity index (χ3v) is 14.2. The van der Waals surface area contributed by atoms with Crippen molar-refractivity contribution in [2.45, 2.75) is 0 Å². The van der Waals surface area contributed by atoms with Gasteiger partial charge in [-0.3, -0.25) is 0 Å². The molecule has 1 nitrogen and oxygen atoms in total. The summed E-state index contributed by atoms with van der Waals surface area (Å²) in [5, 5.41) is 17.7. The van der Waals surface area contributed by atoms with Gasteiger partial charge in [-0.15, -0.1) is 11.3 Å². The fraction of sp³-hybridized carbons (Fsp3) is 0. The summed E-state index contributed by atoms with van der Waals surface area (Å²) in [7, 11) is 0. The van der Waals surface area contributed by atoms with E-state index in [1.54, 1.807) is 0 Å². The lowest BCUT2D eigenvalue weighted by molar-refractivity contribution is 1.31. The Balaban J connectivity index is 0.999.